The van der Waals surface area contributed by atoms with Crippen molar-refractivity contribution in [3.63, 3.8) is 0 Å². The lowest BCUT2D eigenvalue weighted by Gasteiger charge is -2.31. The summed E-state index contributed by atoms with van der Waals surface area (Å²) in [6, 6.07) is 5.40. The fourth-order valence-electron chi connectivity index (χ4n) is 4.90. The molecule has 0 aliphatic heterocycles. The summed E-state index contributed by atoms with van der Waals surface area (Å²) in [5.74, 6) is -3.16. The highest BCUT2D eigenvalue weighted by Crippen LogP contribution is 2.31. The number of carbonyl (C=O) groups excluding carboxylic acids is 4. The van der Waals surface area contributed by atoms with Gasteiger partial charge in [-0.05, 0) is 63.1 Å². The number of carbonyl (C=O) groups is 4. The maximum Gasteiger partial charge on any atom is 0.416 e. The van der Waals surface area contributed by atoms with Crippen LogP contribution in [-0.4, -0.2) is 113 Å². The molecule has 0 bridgehead atoms. The number of nitrogens with one attached hydrogen (secondary N) is 5. The molecule has 0 spiro atoms. The molecule has 0 heterocycles. The van der Waals surface area contributed by atoms with Crippen LogP contribution in [0.25, 0.3) is 0 Å². The summed E-state index contributed by atoms with van der Waals surface area (Å²) in [6.45, 7) is 3.18. The first-order chi connectivity index (χ1) is 23.4. The maximum atomic E-state index is 13.8. The molecule has 278 valence electrons. The average Bonchev–Trinajstić information content (AvgIpc) is 3.07. The predicted octanol–water partition coefficient (Wildman–Crippen LogP) is 2.45. The summed E-state index contributed by atoms with van der Waals surface area (Å²) in [7, 11) is 6.35. The third kappa shape index (κ3) is 12.6. The van der Waals surface area contributed by atoms with Gasteiger partial charge < -0.3 is 36.4 Å². The Morgan fingerprint density at radius 3 is 1.70 bits per heavy atom. The Bertz CT molecular complexity index is 1400. The number of alkyl halides is 6. The highest BCUT2D eigenvalue weighted by molar-refractivity contribution is 5.94. The minimum absolute atomic E-state index is 0.0313. The van der Waals surface area contributed by atoms with E-state index < -0.39 is 59.2 Å². The Balaban J connectivity index is 2.24. The average molecular weight is 718 g/mol. The van der Waals surface area contributed by atoms with Crippen LogP contribution in [0.4, 0.5) is 26.3 Å². The topological polar surface area (TPSA) is 135 Å². The van der Waals surface area contributed by atoms with Gasteiger partial charge in [0.05, 0.1) is 23.6 Å². The molecule has 0 fully saturated rings. The molecule has 0 aliphatic carbocycles. The summed E-state index contributed by atoms with van der Waals surface area (Å²) >= 11 is 0. The molecule has 0 saturated carbocycles. The first kappa shape index (κ1) is 41.9. The Kier molecular flexibility index (Phi) is 16.1. The van der Waals surface area contributed by atoms with Gasteiger partial charge in [0.25, 0.3) is 5.91 Å². The number of nitrogens with zero attached hydrogens (tertiary/aromatic N) is 2. The van der Waals surface area contributed by atoms with Crippen molar-refractivity contribution in [1.82, 2.24) is 36.4 Å². The van der Waals surface area contributed by atoms with Crippen molar-refractivity contribution in [2.75, 3.05) is 67.5 Å². The van der Waals surface area contributed by atoms with E-state index in [0.29, 0.717) is 31.7 Å². The zero-order valence-electron chi connectivity index (χ0n) is 28.6. The molecular weight excluding hydrogens is 672 g/mol. The van der Waals surface area contributed by atoms with E-state index in [1.165, 1.54) is 31.1 Å². The predicted molar refractivity (Wildman–Crippen MR) is 175 cm³/mol. The molecule has 11 nitrogen and oxygen atoms in total. The summed E-state index contributed by atoms with van der Waals surface area (Å²) in [4.78, 5) is 55.8. The van der Waals surface area contributed by atoms with Gasteiger partial charge in [-0.25, -0.2) is 0 Å². The molecule has 50 heavy (non-hydrogen) atoms. The number of likely N-dealkylation sites (N-methyl/N-ethyl adjacent to an activating group) is 4. The standard InChI is InChI=1S/C33H45F6N7O4/c1-21(22-6-10-24(11-7-22)32(34,35)36)28(44-30(49)26(42-4)20-27(47)46(18-14-40-2)19-15-41-3)31(50)45(5)17-16-43-29(48)23-8-12-25(13-9-23)33(37,38)39/h6-13,21,26,28,40-42H,14-20H2,1-5H3,(H,43,48)(H,44,49)/t21-,26?,28+/m1/s1. The van der Waals surface area contributed by atoms with Crippen molar-refractivity contribution in [1.29, 1.82) is 0 Å². The van der Waals surface area contributed by atoms with Crippen molar-refractivity contribution in [2.45, 2.75) is 43.7 Å². The van der Waals surface area contributed by atoms with E-state index >= 15 is 0 Å². The molecule has 1 unspecified atom stereocenters. The fraction of sp³-hybridized carbons (Fsp3) is 0.515. The lowest BCUT2D eigenvalue weighted by molar-refractivity contribution is -0.138. The number of benzene rings is 2. The summed E-state index contributed by atoms with van der Waals surface area (Å²) < 4.78 is 78.3. The fourth-order valence-corrected chi connectivity index (χ4v) is 4.90. The summed E-state index contributed by atoms with van der Waals surface area (Å²) in [5, 5.41) is 13.9. The van der Waals surface area contributed by atoms with Crippen LogP contribution in [0.15, 0.2) is 48.5 Å². The second-order valence-electron chi connectivity index (χ2n) is 11.6. The van der Waals surface area contributed by atoms with E-state index in [-0.39, 0.29) is 31.0 Å². The maximum absolute atomic E-state index is 13.8. The van der Waals surface area contributed by atoms with Crippen LogP contribution in [0.3, 0.4) is 0 Å². The highest BCUT2D eigenvalue weighted by atomic mass is 19.4. The monoisotopic (exact) mass is 717 g/mol. The Labute approximate surface area is 287 Å². The van der Waals surface area contributed by atoms with Crippen molar-refractivity contribution >= 4 is 23.6 Å². The largest absolute Gasteiger partial charge is 0.416 e. The first-order valence-corrected chi connectivity index (χ1v) is 15.9. The molecular formula is C33H45F6N7O4. The van der Waals surface area contributed by atoms with E-state index in [1.807, 2.05) is 0 Å². The Hall–Kier alpha value is -4.22. The normalized spacial score (nSPS) is 13.6. The van der Waals surface area contributed by atoms with Crippen molar-refractivity contribution in [3.05, 3.63) is 70.8 Å². The summed E-state index contributed by atoms with van der Waals surface area (Å²) in [6.07, 6.45) is -9.39. The van der Waals surface area contributed by atoms with Crippen LogP contribution >= 0.6 is 0 Å². The van der Waals surface area contributed by atoms with Gasteiger partial charge in [-0.15, -0.1) is 0 Å². The Morgan fingerprint density at radius 2 is 1.24 bits per heavy atom. The van der Waals surface area contributed by atoms with Crippen LogP contribution in [-0.2, 0) is 26.7 Å². The number of amides is 4. The minimum Gasteiger partial charge on any atom is -0.350 e. The molecule has 2 rings (SSSR count). The van der Waals surface area contributed by atoms with Crippen LogP contribution in [0.2, 0.25) is 0 Å². The van der Waals surface area contributed by atoms with Crippen LogP contribution in [0.5, 0.6) is 0 Å². The van der Waals surface area contributed by atoms with Gasteiger partial charge in [0.15, 0.2) is 0 Å². The van der Waals surface area contributed by atoms with Gasteiger partial charge in [0.2, 0.25) is 17.7 Å². The quantitative estimate of drug-likeness (QED) is 0.150. The lowest BCUT2D eigenvalue weighted by atomic mass is 9.91. The molecule has 0 aliphatic rings. The van der Waals surface area contributed by atoms with E-state index in [2.05, 4.69) is 26.6 Å². The first-order valence-electron chi connectivity index (χ1n) is 15.9. The molecule has 3 atom stereocenters. The Morgan fingerprint density at radius 1 is 0.740 bits per heavy atom. The number of hydrogen-bond acceptors (Lipinski definition) is 7. The molecule has 17 heteroatoms. The number of rotatable bonds is 18. The smallest absolute Gasteiger partial charge is 0.350 e. The minimum atomic E-state index is -4.59. The van der Waals surface area contributed by atoms with Crippen LogP contribution < -0.4 is 26.6 Å². The molecule has 4 amide bonds. The van der Waals surface area contributed by atoms with Crippen LogP contribution in [0.1, 0.15) is 46.3 Å². The lowest BCUT2D eigenvalue weighted by Crippen LogP contribution is -2.56. The number of halogens is 6. The number of hydrogen-bond donors (Lipinski definition) is 5. The summed E-state index contributed by atoms with van der Waals surface area (Å²) in [5.41, 5.74) is -1.52. The van der Waals surface area contributed by atoms with Gasteiger partial charge in [-0.3, -0.25) is 19.2 Å². The zero-order valence-corrected chi connectivity index (χ0v) is 28.6. The van der Waals surface area contributed by atoms with Crippen LogP contribution in [0, 0.1) is 0 Å². The van der Waals surface area contributed by atoms with Gasteiger partial charge >= 0.3 is 12.4 Å². The van der Waals surface area contributed by atoms with E-state index in [0.717, 1.165) is 36.4 Å². The second-order valence-corrected chi connectivity index (χ2v) is 11.6. The van der Waals surface area contributed by atoms with Crippen molar-refractivity contribution in [2.24, 2.45) is 0 Å². The SMILES string of the molecule is CNCCN(CCNC)C(=O)CC(NC)C(=O)N[C@H](C(=O)N(C)CCNC(=O)c1ccc(C(F)(F)F)cc1)[C@H](C)c1ccc(C(F)(F)F)cc1. The van der Waals surface area contributed by atoms with Crippen molar-refractivity contribution < 1.29 is 45.5 Å². The zero-order chi connectivity index (χ0) is 37.6. The van der Waals surface area contributed by atoms with Gasteiger partial charge in [0, 0.05) is 57.8 Å². The molecule has 2 aromatic rings. The third-order valence-electron chi connectivity index (χ3n) is 8.07. The molecule has 2 aromatic carbocycles. The van der Waals surface area contributed by atoms with Crippen molar-refractivity contribution in [3.8, 4) is 0 Å². The van der Waals surface area contributed by atoms with Gasteiger partial charge in [-0.2, -0.15) is 26.3 Å². The van der Waals surface area contributed by atoms with Gasteiger partial charge in [-0.1, -0.05) is 19.1 Å². The van der Waals surface area contributed by atoms with E-state index in [1.54, 1.807) is 25.9 Å². The molecule has 5 N–H and O–H groups in total. The highest BCUT2D eigenvalue weighted by Gasteiger charge is 2.35. The molecule has 0 radical (unpaired) electrons. The van der Waals surface area contributed by atoms with E-state index in [4.69, 9.17) is 0 Å². The van der Waals surface area contributed by atoms with Gasteiger partial charge in [0.1, 0.15) is 6.04 Å². The second kappa shape index (κ2) is 19.2. The molecule has 0 saturated heterocycles. The molecule has 0 aromatic heterocycles. The third-order valence-corrected chi connectivity index (χ3v) is 8.07. The van der Waals surface area contributed by atoms with E-state index in [9.17, 15) is 45.5 Å².